The van der Waals surface area contributed by atoms with Gasteiger partial charge in [-0.15, -0.1) is 0 Å². The van der Waals surface area contributed by atoms with Crippen LogP contribution in [0, 0.1) is 0 Å². The van der Waals surface area contributed by atoms with Crippen LogP contribution in [-0.2, 0) is 61.8 Å². The van der Waals surface area contributed by atoms with Crippen molar-refractivity contribution in [2.75, 3.05) is 146 Å². The Morgan fingerprint density at radius 3 is 0.955 bits per heavy atom. The molecule has 0 bridgehead atoms. The lowest BCUT2D eigenvalue weighted by atomic mass is 10.3. The Balaban J connectivity index is 3.11. The number of amides is 2. The summed E-state index contributed by atoms with van der Waals surface area (Å²) in [6, 6.07) is 0. The van der Waals surface area contributed by atoms with Crippen LogP contribution in [0.4, 0.5) is 0 Å². The first-order chi connectivity index (χ1) is 21.6. The van der Waals surface area contributed by atoms with Crippen molar-refractivity contribution >= 4 is 17.8 Å². The van der Waals surface area contributed by atoms with Crippen LogP contribution in [0.25, 0.3) is 0 Å². The molecular weight excluding hydrogens is 588 g/mol. The summed E-state index contributed by atoms with van der Waals surface area (Å²) in [6.07, 6.45) is 0.487. The first kappa shape index (κ1) is 42.0. The van der Waals surface area contributed by atoms with Crippen molar-refractivity contribution in [1.29, 1.82) is 0 Å². The molecule has 0 aliphatic rings. The molecule has 0 aliphatic heterocycles. The minimum atomic E-state index is -0.879. The quantitative estimate of drug-likeness (QED) is 0.0726. The molecule has 16 heteroatoms. The second-order valence-electron chi connectivity index (χ2n) is 8.79. The molecular formula is C28H54N2O14. The van der Waals surface area contributed by atoms with Gasteiger partial charge in [-0.3, -0.25) is 14.4 Å². The third kappa shape index (κ3) is 36.2. The number of rotatable bonds is 36. The van der Waals surface area contributed by atoms with E-state index in [4.69, 9.17) is 52.5 Å². The Kier molecular flexibility index (Phi) is 33.9. The van der Waals surface area contributed by atoms with E-state index in [9.17, 15) is 14.4 Å². The second kappa shape index (κ2) is 35.5. The molecule has 3 N–H and O–H groups in total. The van der Waals surface area contributed by atoms with E-state index in [0.717, 1.165) is 0 Å². The zero-order valence-electron chi connectivity index (χ0n) is 26.2. The van der Waals surface area contributed by atoms with Crippen LogP contribution in [0.15, 0.2) is 0 Å². The molecule has 0 spiro atoms. The summed E-state index contributed by atoms with van der Waals surface area (Å²) < 4.78 is 53.7. The fraction of sp³-hybridized carbons (Fsp3) is 0.893. The smallest absolute Gasteiger partial charge is 0.305 e. The predicted octanol–water partition coefficient (Wildman–Crippen LogP) is -0.730. The first-order valence-corrected chi connectivity index (χ1v) is 15.0. The summed E-state index contributed by atoms with van der Waals surface area (Å²) in [5.41, 5.74) is 0. The predicted molar refractivity (Wildman–Crippen MR) is 157 cm³/mol. The molecule has 0 rings (SSSR count). The topological polar surface area (TPSA) is 188 Å². The monoisotopic (exact) mass is 642 g/mol. The van der Waals surface area contributed by atoms with Crippen LogP contribution in [0.1, 0.15) is 19.3 Å². The van der Waals surface area contributed by atoms with Crippen LogP contribution in [-0.4, -0.2) is 169 Å². The average molecular weight is 643 g/mol. The zero-order valence-corrected chi connectivity index (χ0v) is 26.2. The lowest BCUT2D eigenvalue weighted by Crippen LogP contribution is -2.29. The van der Waals surface area contributed by atoms with Gasteiger partial charge >= 0.3 is 5.97 Å². The van der Waals surface area contributed by atoms with Gasteiger partial charge in [-0.2, -0.15) is 0 Å². The molecule has 0 aromatic heterocycles. The van der Waals surface area contributed by atoms with Gasteiger partial charge in [0.05, 0.1) is 139 Å². The lowest BCUT2D eigenvalue weighted by Gasteiger charge is -2.09. The van der Waals surface area contributed by atoms with Gasteiger partial charge in [-0.1, -0.05) is 0 Å². The maximum absolute atomic E-state index is 11.6. The van der Waals surface area contributed by atoms with Gasteiger partial charge in [0.15, 0.2) is 0 Å². The molecule has 260 valence electrons. The van der Waals surface area contributed by atoms with E-state index in [-0.39, 0.29) is 37.7 Å². The summed E-state index contributed by atoms with van der Waals surface area (Å²) in [4.78, 5) is 33.0. The van der Waals surface area contributed by atoms with Crippen molar-refractivity contribution in [3.8, 4) is 0 Å². The Hall–Kier alpha value is -1.99. The molecule has 0 aromatic rings. The van der Waals surface area contributed by atoms with Gasteiger partial charge in [0.25, 0.3) is 0 Å². The van der Waals surface area contributed by atoms with Gasteiger partial charge in [-0.05, 0) is 0 Å². The summed E-state index contributed by atoms with van der Waals surface area (Å²) in [7, 11) is 1.55. The van der Waals surface area contributed by atoms with Crippen LogP contribution in [0.5, 0.6) is 0 Å². The highest BCUT2D eigenvalue weighted by Gasteiger charge is 2.03. The Morgan fingerprint density at radius 1 is 0.409 bits per heavy atom. The zero-order chi connectivity index (χ0) is 32.2. The number of hydrogen-bond acceptors (Lipinski definition) is 13. The SMILES string of the molecule is CNC(=O)CCNC(=O)CCOCCOCCOCCOCCOCCOCCOCCOCCOCCOCCC(=O)O. The number of carbonyl (C=O) groups is 3. The van der Waals surface area contributed by atoms with Gasteiger partial charge in [0.2, 0.25) is 11.8 Å². The van der Waals surface area contributed by atoms with E-state index in [0.29, 0.717) is 132 Å². The van der Waals surface area contributed by atoms with Crippen LogP contribution in [0.2, 0.25) is 0 Å². The van der Waals surface area contributed by atoms with Crippen LogP contribution in [0.3, 0.4) is 0 Å². The minimum Gasteiger partial charge on any atom is -0.481 e. The Labute approximate surface area is 260 Å². The molecule has 0 heterocycles. The second-order valence-corrected chi connectivity index (χ2v) is 8.79. The van der Waals surface area contributed by atoms with Gasteiger partial charge < -0.3 is 63.1 Å². The number of hydrogen-bond donors (Lipinski definition) is 3. The molecule has 44 heavy (non-hydrogen) atoms. The van der Waals surface area contributed by atoms with E-state index in [1.165, 1.54) is 0 Å². The number of nitrogens with one attached hydrogen (secondary N) is 2. The fourth-order valence-electron chi connectivity index (χ4n) is 2.93. The fourth-order valence-corrected chi connectivity index (χ4v) is 2.93. The van der Waals surface area contributed by atoms with Crippen molar-refractivity contribution in [3.63, 3.8) is 0 Å². The van der Waals surface area contributed by atoms with E-state index in [1.54, 1.807) is 7.05 Å². The molecule has 0 radical (unpaired) electrons. The van der Waals surface area contributed by atoms with Crippen LogP contribution < -0.4 is 10.6 Å². The maximum Gasteiger partial charge on any atom is 0.305 e. The number of ether oxygens (including phenoxy) is 10. The van der Waals surface area contributed by atoms with E-state index >= 15 is 0 Å². The van der Waals surface area contributed by atoms with Gasteiger partial charge in [0.1, 0.15) is 0 Å². The van der Waals surface area contributed by atoms with Gasteiger partial charge in [0, 0.05) is 26.4 Å². The van der Waals surface area contributed by atoms with E-state index in [2.05, 4.69) is 10.6 Å². The third-order valence-electron chi connectivity index (χ3n) is 5.23. The summed E-state index contributed by atoms with van der Waals surface area (Å²) in [6.45, 7) is 8.83. The molecule has 0 saturated carbocycles. The summed E-state index contributed by atoms with van der Waals surface area (Å²) in [5.74, 6) is -1.15. The number of carboxylic acid groups (broad SMARTS) is 1. The standard InChI is InChI=1S/C28H54N2O14/c1-29-26(31)2-5-30-27(32)3-6-35-8-10-37-12-14-39-16-18-41-20-22-43-24-25-44-23-21-42-19-17-40-15-13-38-11-9-36-7-4-28(33)34/h2-25H2,1H3,(H,29,31)(H,30,32)(H,33,34). The van der Waals surface area contributed by atoms with Crippen molar-refractivity contribution in [2.24, 2.45) is 0 Å². The lowest BCUT2D eigenvalue weighted by molar-refractivity contribution is -0.138. The molecule has 2 amide bonds. The molecule has 0 aliphatic carbocycles. The molecule has 0 fully saturated rings. The Morgan fingerprint density at radius 2 is 0.682 bits per heavy atom. The highest BCUT2D eigenvalue weighted by atomic mass is 16.6. The van der Waals surface area contributed by atoms with Crippen LogP contribution >= 0.6 is 0 Å². The highest BCUT2D eigenvalue weighted by molar-refractivity contribution is 5.78. The van der Waals surface area contributed by atoms with Crippen molar-refractivity contribution < 1.29 is 66.9 Å². The normalized spacial score (nSPS) is 11.1. The molecule has 16 nitrogen and oxygen atoms in total. The third-order valence-corrected chi connectivity index (χ3v) is 5.23. The molecule has 0 unspecified atom stereocenters. The number of aliphatic carboxylic acids is 1. The summed E-state index contributed by atoms with van der Waals surface area (Å²) in [5, 5.41) is 13.6. The summed E-state index contributed by atoms with van der Waals surface area (Å²) >= 11 is 0. The van der Waals surface area contributed by atoms with Crippen molar-refractivity contribution in [2.45, 2.75) is 19.3 Å². The molecule has 0 saturated heterocycles. The van der Waals surface area contributed by atoms with E-state index < -0.39 is 5.97 Å². The van der Waals surface area contributed by atoms with Crippen molar-refractivity contribution in [1.82, 2.24) is 10.6 Å². The first-order valence-electron chi connectivity index (χ1n) is 15.0. The largest absolute Gasteiger partial charge is 0.481 e. The Bertz CT molecular complexity index is 660. The molecule has 0 atom stereocenters. The molecule has 0 aromatic carbocycles. The number of carboxylic acids is 1. The minimum absolute atomic E-state index is 0.00790. The van der Waals surface area contributed by atoms with Gasteiger partial charge in [-0.25, -0.2) is 0 Å². The van der Waals surface area contributed by atoms with E-state index in [1.807, 2.05) is 0 Å². The number of carbonyl (C=O) groups excluding carboxylic acids is 2. The highest BCUT2D eigenvalue weighted by Crippen LogP contribution is 1.89. The maximum atomic E-state index is 11.6. The average Bonchev–Trinajstić information content (AvgIpc) is 3.01. The van der Waals surface area contributed by atoms with Crippen molar-refractivity contribution in [3.05, 3.63) is 0 Å².